The molecule has 0 spiro atoms. The molecular formula is C19H29N3O2. The fraction of sp³-hybridized carbons (Fsp3) is 0.684. The molecule has 5 nitrogen and oxygen atoms in total. The molecule has 0 unspecified atom stereocenters. The predicted octanol–water partition coefficient (Wildman–Crippen LogP) is 2.32. The van der Waals surface area contributed by atoms with Crippen LogP contribution in [0.25, 0.3) is 0 Å². The second-order valence-corrected chi connectivity index (χ2v) is 7.25. The topological polar surface area (TPSA) is 45.7 Å². The minimum Gasteiger partial charge on any atom is -0.378 e. The van der Waals surface area contributed by atoms with Crippen molar-refractivity contribution in [3.8, 4) is 0 Å². The summed E-state index contributed by atoms with van der Waals surface area (Å²) in [5.41, 5.74) is 1.24. The molecule has 0 aliphatic carbocycles. The number of hydrogen-bond donors (Lipinski definition) is 0. The molecule has 0 N–H and O–H groups in total. The maximum Gasteiger partial charge on any atom is 0.225 e. The van der Waals surface area contributed by atoms with Crippen molar-refractivity contribution in [2.24, 2.45) is 5.92 Å². The van der Waals surface area contributed by atoms with E-state index in [9.17, 15) is 4.79 Å². The Morgan fingerprint density at radius 2 is 2.33 bits per heavy atom. The molecule has 24 heavy (non-hydrogen) atoms. The van der Waals surface area contributed by atoms with Crippen LogP contribution in [-0.2, 0) is 16.1 Å². The first-order valence-electron chi connectivity index (χ1n) is 9.17. The summed E-state index contributed by atoms with van der Waals surface area (Å²) in [5, 5.41) is 0. The van der Waals surface area contributed by atoms with Gasteiger partial charge in [0.2, 0.25) is 5.91 Å². The number of aromatic nitrogens is 1. The van der Waals surface area contributed by atoms with E-state index in [1.165, 1.54) is 12.0 Å². The SMILES string of the molecule is CN(Cc1cccnc1)C[C@@H]1CCN(C(=O)C[C@@H]2CCCCO2)C1. The minimum atomic E-state index is 0.151. The Balaban J connectivity index is 1.40. The van der Waals surface area contributed by atoms with Gasteiger partial charge in [-0.2, -0.15) is 0 Å². The number of amides is 1. The van der Waals surface area contributed by atoms with Crippen LogP contribution in [0.4, 0.5) is 0 Å². The first-order chi connectivity index (χ1) is 11.7. The highest BCUT2D eigenvalue weighted by molar-refractivity contribution is 5.77. The van der Waals surface area contributed by atoms with E-state index in [0.717, 1.165) is 52.0 Å². The highest BCUT2D eigenvalue weighted by atomic mass is 16.5. The molecule has 2 atom stereocenters. The zero-order valence-electron chi connectivity index (χ0n) is 14.7. The molecule has 2 fully saturated rings. The van der Waals surface area contributed by atoms with Crippen LogP contribution in [0.2, 0.25) is 0 Å². The van der Waals surface area contributed by atoms with E-state index in [-0.39, 0.29) is 12.0 Å². The lowest BCUT2D eigenvalue weighted by atomic mass is 10.1. The normalized spacial score (nSPS) is 24.5. The number of ether oxygens (including phenoxy) is 1. The lowest BCUT2D eigenvalue weighted by Gasteiger charge is -2.25. The van der Waals surface area contributed by atoms with Crippen LogP contribution < -0.4 is 0 Å². The first kappa shape index (κ1) is 17.4. The number of nitrogens with zero attached hydrogens (tertiary/aromatic N) is 3. The van der Waals surface area contributed by atoms with Gasteiger partial charge in [-0.15, -0.1) is 0 Å². The van der Waals surface area contributed by atoms with E-state index >= 15 is 0 Å². The van der Waals surface area contributed by atoms with Crippen LogP contribution in [0, 0.1) is 5.92 Å². The van der Waals surface area contributed by atoms with Gasteiger partial charge >= 0.3 is 0 Å². The Morgan fingerprint density at radius 3 is 3.08 bits per heavy atom. The summed E-state index contributed by atoms with van der Waals surface area (Å²) in [4.78, 5) is 21.0. The summed E-state index contributed by atoms with van der Waals surface area (Å²) in [5.74, 6) is 0.849. The maximum atomic E-state index is 12.5. The summed E-state index contributed by atoms with van der Waals surface area (Å²) < 4.78 is 5.70. The van der Waals surface area contributed by atoms with Crippen molar-refractivity contribution in [2.75, 3.05) is 33.3 Å². The highest BCUT2D eigenvalue weighted by Gasteiger charge is 2.29. The van der Waals surface area contributed by atoms with Crippen molar-refractivity contribution < 1.29 is 9.53 Å². The molecule has 132 valence electrons. The van der Waals surface area contributed by atoms with Crippen molar-refractivity contribution in [3.63, 3.8) is 0 Å². The smallest absolute Gasteiger partial charge is 0.225 e. The molecule has 0 radical (unpaired) electrons. The predicted molar refractivity (Wildman–Crippen MR) is 93.5 cm³/mol. The van der Waals surface area contributed by atoms with Gasteiger partial charge in [-0.25, -0.2) is 0 Å². The molecule has 2 saturated heterocycles. The van der Waals surface area contributed by atoms with Gasteiger partial charge in [0.25, 0.3) is 0 Å². The average Bonchev–Trinajstić information content (AvgIpc) is 3.05. The molecule has 3 heterocycles. The largest absolute Gasteiger partial charge is 0.378 e. The summed E-state index contributed by atoms with van der Waals surface area (Å²) in [7, 11) is 2.15. The van der Waals surface area contributed by atoms with Gasteiger partial charge < -0.3 is 14.5 Å². The molecule has 2 aliphatic heterocycles. The third-order valence-corrected chi connectivity index (χ3v) is 5.06. The summed E-state index contributed by atoms with van der Waals surface area (Å²) in [6.07, 6.45) is 8.92. The molecule has 0 saturated carbocycles. The Bertz CT molecular complexity index is 517. The second-order valence-electron chi connectivity index (χ2n) is 7.25. The van der Waals surface area contributed by atoms with Gasteiger partial charge in [0.1, 0.15) is 0 Å². The van der Waals surface area contributed by atoms with Gasteiger partial charge in [-0.1, -0.05) is 6.07 Å². The standard InChI is InChI=1S/C19H29N3O2/c1-21(13-16-5-4-8-20-12-16)14-17-7-9-22(15-17)19(23)11-18-6-2-3-10-24-18/h4-5,8,12,17-18H,2-3,6-7,9-11,13-15H2,1H3/t17-,18-/m0/s1. The summed E-state index contributed by atoms with van der Waals surface area (Å²) >= 11 is 0. The van der Waals surface area contributed by atoms with Crippen LogP contribution in [0.1, 0.15) is 37.7 Å². The lowest BCUT2D eigenvalue weighted by molar-refractivity contribution is -0.134. The number of rotatable bonds is 6. The third-order valence-electron chi connectivity index (χ3n) is 5.06. The van der Waals surface area contributed by atoms with E-state index in [0.29, 0.717) is 12.3 Å². The maximum absolute atomic E-state index is 12.5. The van der Waals surface area contributed by atoms with Crippen molar-refractivity contribution >= 4 is 5.91 Å². The van der Waals surface area contributed by atoms with Crippen LogP contribution in [0.5, 0.6) is 0 Å². The van der Waals surface area contributed by atoms with Crippen molar-refractivity contribution in [2.45, 2.75) is 44.8 Å². The third kappa shape index (κ3) is 5.02. The first-order valence-corrected chi connectivity index (χ1v) is 9.17. The number of carbonyl (C=O) groups is 1. The van der Waals surface area contributed by atoms with Crippen molar-refractivity contribution in [3.05, 3.63) is 30.1 Å². The van der Waals surface area contributed by atoms with E-state index in [1.54, 1.807) is 6.20 Å². The zero-order valence-corrected chi connectivity index (χ0v) is 14.7. The highest BCUT2D eigenvalue weighted by Crippen LogP contribution is 2.21. The number of pyridine rings is 1. The van der Waals surface area contributed by atoms with Gasteiger partial charge in [0, 0.05) is 45.2 Å². The quantitative estimate of drug-likeness (QED) is 0.802. The molecule has 5 heteroatoms. The lowest BCUT2D eigenvalue weighted by Crippen LogP contribution is -2.34. The van der Waals surface area contributed by atoms with Gasteiger partial charge in [0.05, 0.1) is 12.5 Å². The Labute approximate surface area is 145 Å². The van der Waals surface area contributed by atoms with Gasteiger partial charge in [-0.3, -0.25) is 9.78 Å². The number of likely N-dealkylation sites (tertiary alicyclic amines) is 1. The van der Waals surface area contributed by atoms with E-state index < -0.39 is 0 Å². The number of carbonyl (C=O) groups excluding carboxylic acids is 1. The average molecular weight is 331 g/mol. The Morgan fingerprint density at radius 1 is 1.42 bits per heavy atom. The van der Waals surface area contributed by atoms with E-state index in [2.05, 4.69) is 23.0 Å². The molecule has 3 rings (SSSR count). The van der Waals surface area contributed by atoms with E-state index in [4.69, 9.17) is 4.74 Å². The fourth-order valence-corrected chi connectivity index (χ4v) is 3.81. The molecular weight excluding hydrogens is 302 g/mol. The Kier molecular flexibility index (Phi) is 6.21. The fourth-order valence-electron chi connectivity index (χ4n) is 3.81. The van der Waals surface area contributed by atoms with Crippen LogP contribution in [-0.4, -0.2) is 60.1 Å². The van der Waals surface area contributed by atoms with Crippen molar-refractivity contribution in [1.29, 1.82) is 0 Å². The number of hydrogen-bond acceptors (Lipinski definition) is 4. The van der Waals surface area contributed by atoms with E-state index in [1.807, 2.05) is 17.2 Å². The molecule has 1 aromatic rings. The molecule has 0 aromatic carbocycles. The van der Waals surface area contributed by atoms with Crippen molar-refractivity contribution in [1.82, 2.24) is 14.8 Å². The minimum absolute atomic E-state index is 0.151. The van der Waals surface area contributed by atoms with Crippen LogP contribution in [0.3, 0.4) is 0 Å². The summed E-state index contributed by atoms with van der Waals surface area (Å²) in [6, 6.07) is 4.09. The second kappa shape index (κ2) is 8.58. The van der Waals surface area contributed by atoms with Gasteiger partial charge in [0.15, 0.2) is 0 Å². The zero-order chi connectivity index (χ0) is 16.8. The molecule has 1 amide bonds. The van der Waals surface area contributed by atoms with Gasteiger partial charge in [-0.05, 0) is 50.3 Å². The summed E-state index contributed by atoms with van der Waals surface area (Å²) in [6.45, 7) is 4.55. The van der Waals surface area contributed by atoms with Crippen LogP contribution in [0.15, 0.2) is 24.5 Å². The molecule has 1 aromatic heterocycles. The monoisotopic (exact) mass is 331 g/mol. The Hall–Kier alpha value is -1.46. The molecule has 0 bridgehead atoms. The molecule has 2 aliphatic rings. The van der Waals surface area contributed by atoms with Crippen LogP contribution >= 0.6 is 0 Å².